The SMILES string of the molecule is CC(=O)c1cc(C)c(Cl)nc1Cc1ccc(I)cc1F. The van der Waals surface area contributed by atoms with Gasteiger partial charge in [0.2, 0.25) is 0 Å². The molecule has 0 saturated heterocycles. The van der Waals surface area contributed by atoms with E-state index in [1.54, 1.807) is 19.1 Å². The van der Waals surface area contributed by atoms with Crippen molar-refractivity contribution in [3.05, 3.63) is 61.2 Å². The second-order valence-corrected chi connectivity index (χ2v) is 6.16. The second-order valence-electron chi connectivity index (χ2n) is 4.56. The molecule has 0 saturated carbocycles. The lowest BCUT2D eigenvalue weighted by molar-refractivity contribution is 0.101. The van der Waals surface area contributed by atoms with E-state index in [0.29, 0.717) is 22.0 Å². The number of ketones is 1. The number of hydrogen-bond donors (Lipinski definition) is 0. The number of aromatic nitrogens is 1. The van der Waals surface area contributed by atoms with Crippen molar-refractivity contribution in [2.24, 2.45) is 0 Å². The van der Waals surface area contributed by atoms with Crippen molar-refractivity contribution in [2.45, 2.75) is 20.3 Å². The molecule has 0 aliphatic rings. The van der Waals surface area contributed by atoms with Crippen molar-refractivity contribution in [3.63, 3.8) is 0 Å². The summed E-state index contributed by atoms with van der Waals surface area (Å²) in [5.74, 6) is -0.400. The lowest BCUT2D eigenvalue weighted by Gasteiger charge is -2.10. The zero-order valence-electron chi connectivity index (χ0n) is 11.0. The van der Waals surface area contributed by atoms with E-state index < -0.39 is 0 Å². The summed E-state index contributed by atoms with van der Waals surface area (Å²) in [5, 5.41) is 0.343. The Kier molecular flexibility index (Phi) is 4.75. The molecule has 1 heterocycles. The Hall–Kier alpha value is -1.01. The molecule has 104 valence electrons. The molecule has 0 atom stereocenters. The third kappa shape index (κ3) is 3.35. The number of halogens is 3. The summed E-state index contributed by atoms with van der Waals surface area (Å²) in [4.78, 5) is 15.9. The Bertz CT molecular complexity index is 688. The first-order valence-corrected chi connectivity index (χ1v) is 7.45. The van der Waals surface area contributed by atoms with Gasteiger partial charge in [-0.3, -0.25) is 4.79 Å². The summed E-state index contributed by atoms with van der Waals surface area (Å²) in [6.45, 7) is 3.26. The van der Waals surface area contributed by atoms with Gasteiger partial charge < -0.3 is 0 Å². The molecular weight excluding hydrogens is 392 g/mol. The minimum atomic E-state index is -0.301. The third-order valence-corrected chi connectivity index (χ3v) is 4.04. The van der Waals surface area contributed by atoms with Gasteiger partial charge in [0.15, 0.2) is 5.78 Å². The molecule has 5 heteroatoms. The Morgan fingerprint density at radius 2 is 2.10 bits per heavy atom. The molecule has 2 nitrogen and oxygen atoms in total. The minimum Gasteiger partial charge on any atom is -0.294 e. The standard InChI is InChI=1S/C15H12ClFINO/c1-8-5-12(9(2)20)14(19-15(8)16)6-10-3-4-11(18)7-13(10)17/h3-5,7H,6H2,1-2H3. The Morgan fingerprint density at radius 1 is 1.40 bits per heavy atom. The zero-order chi connectivity index (χ0) is 14.9. The van der Waals surface area contributed by atoms with Crippen molar-refractivity contribution in [3.8, 4) is 0 Å². The van der Waals surface area contributed by atoms with Crippen molar-refractivity contribution >= 4 is 40.0 Å². The van der Waals surface area contributed by atoms with Gasteiger partial charge in [0.1, 0.15) is 11.0 Å². The van der Waals surface area contributed by atoms with Gasteiger partial charge in [0, 0.05) is 15.6 Å². The average Bonchev–Trinajstić information content (AvgIpc) is 2.36. The van der Waals surface area contributed by atoms with Gasteiger partial charge in [-0.25, -0.2) is 9.37 Å². The van der Waals surface area contributed by atoms with E-state index in [4.69, 9.17) is 11.6 Å². The van der Waals surface area contributed by atoms with Gasteiger partial charge in [-0.2, -0.15) is 0 Å². The third-order valence-electron chi connectivity index (χ3n) is 2.98. The van der Waals surface area contributed by atoms with Gasteiger partial charge in [0.25, 0.3) is 0 Å². The normalized spacial score (nSPS) is 10.7. The number of carbonyl (C=O) groups is 1. The quantitative estimate of drug-likeness (QED) is 0.426. The maximum atomic E-state index is 13.9. The van der Waals surface area contributed by atoms with Crippen LogP contribution in [-0.2, 0) is 6.42 Å². The number of Topliss-reactive ketones (excluding diaryl/α,β-unsaturated/α-hetero) is 1. The average molecular weight is 404 g/mol. The monoisotopic (exact) mass is 403 g/mol. The van der Waals surface area contributed by atoms with Crippen LogP contribution in [0.25, 0.3) is 0 Å². The molecule has 0 radical (unpaired) electrons. The van der Waals surface area contributed by atoms with E-state index in [1.165, 1.54) is 13.0 Å². The Balaban J connectivity index is 2.47. The molecule has 0 unspecified atom stereocenters. The first-order chi connectivity index (χ1) is 9.38. The van der Waals surface area contributed by atoms with Crippen LogP contribution in [0.2, 0.25) is 5.15 Å². The molecule has 1 aromatic carbocycles. The fraction of sp³-hybridized carbons (Fsp3) is 0.200. The molecular formula is C15H12ClFINO. The van der Waals surface area contributed by atoms with Gasteiger partial charge in [-0.15, -0.1) is 0 Å². The van der Waals surface area contributed by atoms with Crippen LogP contribution in [0.15, 0.2) is 24.3 Å². The van der Waals surface area contributed by atoms with Crippen molar-refractivity contribution in [1.29, 1.82) is 0 Å². The van der Waals surface area contributed by atoms with Crippen LogP contribution in [0.3, 0.4) is 0 Å². The predicted octanol–water partition coefficient (Wildman–Crippen LogP) is 4.58. The summed E-state index contributed by atoms with van der Waals surface area (Å²) in [5.41, 5.74) is 2.24. The van der Waals surface area contributed by atoms with Gasteiger partial charge in [-0.05, 0) is 65.8 Å². The lowest BCUT2D eigenvalue weighted by Crippen LogP contribution is -2.06. The smallest absolute Gasteiger partial charge is 0.161 e. The van der Waals surface area contributed by atoms with Gasteiger partial charge in [0.05, 0.1) is 5.69 Å². The highest BCUT2D eigenvalue weighted by atomic mass is 127. The first-order valence-electron chi connectivity index (χ1n) is 5.99. The molecule has 0 amide bonds. The first kappa shape index (κ1) is 15.4. The summed E-state index contributed by atoms with van der Waals surface area (Å²) in [6, 6.07) is 6.69. The summed E-state index contributed by atoms with van der Waals surface area (Å²) in [6.07, 6.45) is 0.248. The van der Waals surface area contributed by atoms with Gasteiger partial charge >= 0.3 is 0 Å². The van der Waals surface area contributed by atoms with E-state index in [2.05, 4.69) is 4.98 Å². The molecule has 2 aromatic rings. The molecule has 1 aromatic heterocycles. The fourth-order valence-corrected chi connectivity index (χ4v) is 2.52. The molecule has 0 N–H and O–H groups in total. The van der Waals surface area contributed by atoms with Crippen molar-refractivity contribution in [2.75, 3.05) is 0 Å². The number of hydrogen-bond acceptors (Lipinski definition) is 2. The zero-order valence-corrected chi connectivity index (χ0v) is 13.9. The van der Waals surface area contributed by atoms with Crippen molar-refractivity contribution in [1.82, 2.24) is 4.98 Å². The fourth-order valence-electron chi connectivity index (χ4n) is 1.91. The number of aryl methyl sites for hydroxylation is 1. The molecule has 0 aliphatic carbocycles. The summed E-state index contributed by atoms with van der Waals surface area (Å²) >= 11 is 8.05. The largest absolute Gasteiger partial charge is 0.294 e. The van der Waals surface area contributed by atoms with Crippen LogP contribution in [0.5, 0.6) is 0 Å². The number of benzene rings is 1. The maximum absolute atomic E-state index is 13.9. The lowest BCUT2D eigenvalue weighted by atomic mass is 10.0. The molecule has 20 heavy (non-hydrogen) atoms. The molecule has 0 aliphatic heterocycles. The predicted molar refractivity (Wildman–Crippen MR) is 85.9 cm³/mol. The number of rotatable bonds is 3. The van der Waals surface area contributed by atoms with Gasteiger partial charge in [-0.1, -0.05) is 17.7 Å². The van der Waals surface area contributed by atoms with E-state index in [9.17, 15) is 9.18 Å². The second kappa shape index (κ2) is 6.18. The Morgan fingerprint density at radius 3 is 2.70 bits per heavy atom. The highest BCUT2D eigenvalue weighted by Gasteiger charge is 2.14. The minimum absolute atomic E-state index is 0.0989. The molecule has 2 rings (SSSR count). The van der Waals surface area contributed by atoms with E-state index in [0.717, 1.165) is 9.13 Å². The number of nitrogens with zero attached hydrogens (tertiary/aromatic N) is 1. The molecule has 0 bridgehead atoms. The topological polar surface area (TPSA) is 30.0 Å². The highest BCUT2D eigenvalue weighted by Crippen LogP contribution is 2.22. The summed E-state index contributed by atoms with van der Waals surface area (Å²) in [7, 11) is 0. The molecule has 0 fully saturated rings. The Labute approximate surface area is 135 Å². The van der Waals surface area contributed by atoms with Crippen LogP contribution in [0.1, 0.15) is 34.1 Å². The van der Waals surface area contributed by atoms with Crippen molar-refractivity contribution < 1.29 is 9.18 Å². The van der Waals surface area contributed by atoms with E-state index in [-0.39, 0.29) is 18.0 Å². The molecule has 0 spiro atoms. The number of carbonyl (C=O) groups excluding carboxylic acids is 1. The maximum Gasteiger partial charge on any atom is 0.161 e. The highest BCUT2D eigenvalue weighted by molar-refractivity contribution is 14.1. The van der Waals surface area contributed by atoms with Crippen LogP contribution in [0, 0.1) is 16.3 Å². The van der Waals surface area contributed by atoms with Crippen LogP contribution in [-0.4, -0.2) is 10.8 Å². The van der Waals surface area contributed by atoms with Crippen LogP contribution in [0.4, 0.5) is 4.39 Å². The van der Waals surface area contributed by atoms with E-state index >= 15 is 0 Å². The number of pyridine rings is 1. The van der Waals surface area contributed by atoms with Crippen LogP contribution >= 0.6 is 34.2 Å². The van der Waals surface area contributed by atoms with Crippen LogP contribution < -0.4 is 0 Å². The summed E-state index contributed by atoms with van der Waals surface area (Å²) < 4.78 is 14.7. The van der Waals surface area contributed by atoms with E-state index in [1.807, 2.05) is 28.7 Å².